The van der Waals surface area contributed by atoms with Gasteiger partial charge in [-0.1, -0.05) is 0 Å². The van der Waals surface area contributed by atoms with Crippen LogP contribution in [0.25, 0.3) is 22.3 Å². The van der Waals surface area contributed by atoms with Crippen molar-refractivity contribution in [3.63, 3.8) is 0 Å². The molecular weight excluding hydrogens is 314 g/mol. The summed E-state index contributed by atoms with van der Waals surface area (Å²) in [7, 11) is -3.51. The molecule has 0 aliphatic rings. The highest BCUT2D eigenvalue weighted by molar-refractivity contribution is 7.93. The Morgan fingerprint density at radius 2 is 1.70 bits per heavy atom. The summed E-state index contributed by atoms with van der Waals surface area (Å²) in [6, 6.07) is 5.21. The highest BCUT2D eigenvalue weighted by atomic mass is 32.2. The molecule has 0 saturated heterocycles. The van der Waals surface area contributed by atoms with Crippen molar-refractivity contribution in [2.24, 2.45) is 0 Å². The number of pyridine rings is 2. The quantitative estimate of drug-likeness (QED) is 0.788. The first-order valence-corrected chi connectivity index (χ1v) is 8.56. The fourth-order valence-corrected chi connectivity index (χ4v) is 2.60. The summed E-state index contributed by atoms with van der Waals surface area (Å²) < 4.78 is 26.9. The Kier molecular flexibility index (Phi) is 3.91. The lowest BCUT2D eigenvalue weighted by atomic mass is 10.2. The molecule has 1 N–H and O–H groups in total. The second-order valence-corrected chi connectivity index (χ2v) is 7.46. The Balaban J connectivity index is 2.19. The van der Waals surface area contributed by atoms with Crippen molar-refractivity contribution in [3.05, 3.63) is 43.0 Å². The van der Waals surface area contributed by atoms with Gasteiger partial charge < -0.3 is 0 Å². The minimum atomic E-state index is -3.51. The maximum Gasteiger partial charge on any atom is 0.236 e. The number of rotatable bonds is 4. The van der Waals surface area contributed by atoms with Crippen LogP contribution in [-0.2, 0) is 10.0 Å². The van der Waals surface area contributed by atoms with E-state index in [1.165, 1.54) is 0 Å². The molecule has 0 aromatic carbocycles. The zero-order chi connectivity index (χ0) is 16.4. The van der Waals surface area contributed by atoms with Crippen molar-refractivity contribution in [1.82, 2.24) is 19.9 Å². The largest absolute Gasteiger partial charge is 0.266 e. The van der Waals surface area contributed by atoms with E-state index in [9.17, 15) is 8.42 Å². The van der Waals surface area contributed by atoms with Gasteiger partial charge in [0, 0.05) is 29.5 Å². The van der Waals surface area contributed by atoms with Gasteiger partial charge in [0.05, 0.1) is 17.0 Å². The van der Waals surface area contributed by atoms with E-state index in [1.807, 2.05) is 0 Å². The molecule has 0 fully saturated rings. The van der Waals surface area contributed by atoms with Crippen molar-refractivity contribution in [3.8, 4) is 11.4 Å². The molecular formula is C15H15N5O2S. The van der Waals surface area contributed by atoms with Crippen LogP contribution in [0.15, 0.2) is 43.0 Å². The molecule has 0 saturated carbocycles. The lowest BCUT2D eigenvalue weighted by Crippen LogP contribution is -2.23. The molecule has 3 aromatic heterocycles. The Bertz CT molecular complexity index is 942. The predicted molar refractivity (Wildman–Crippen MR) is 88.2 cm³/mol. The van der Waals surface area contributed by atoms with Crippen LogP contribution in [0.1, 0.15) is 13.8 Å². The monoisotopic (exact) mass is 329 g/mol. The molecule has 23 heavy (non-hydrogen) atoms. The molecule has 0 unspecified atom stereocenters. The van der Waals surface area contributed by atoms with Gasteiger partial charge in [-0.3, -0.25) is 14.7 Å². The number of hydrogen-bond acceptors (Lipinski definition) is 6. The molecule has 3 heterocycles. The van der Waals surface area contributed by atoms with Gasteiger partial charge in [0.1, 0.15) is 0 Å². The number of nitrogens with zero attached hydrogens (tertiary/aromatic N) is 4. The predicted octanol–water partition coefficient (Wildman–Crippen LogP) is 2.24. The molecule has 3 rings (SSSR count). The third-order valence-corrected chi connectivity index (χ3v) is 5.02. The number of fused-ring (bicyclic) bond motifs is 1. The van der Waals surface area contributed by atoms with Crippen molar-refractivity contribution >= 4 is 26.7 Å². The third kappa shape index (κ3) is 3.11. The fourth-order valence-electron chi connectivity index (χ4n) is 1.94. The van der Waals surface area contributed by atoms with E-state index in [1.54, 1.807) is 56.8 Å². The average Bonchev–Trinajstić information content (AvgIpc) is 2.55. The number of hydrogen-bond donors (Lipinski definition) is 1. The van der Waals surface area contributed by atoms with Crippen molar-refractivity contribution < 1.29 is 8.42 Å². The molecule has 0 aliphatic carbocycles. The Morgan fingerprint density at radius 1 is 1.00 bits per heavy atom. The second-order valence-electron chi connectivity index (χ2n) is 5.22. The first kappa shape index (κ1) is 15.3. The molecule has 3 aromatic rings. The molecule has 118 valence electrons. The summed E-state index contributed by atoms with van der Waals surface area (Å²) in [5, 5.41) is 0.0285. The minimum absolute atomic E-state index is 0.248. The highest BCUT2D eigenvalue weighted by Crippen LogP contribution is 2.25. The second kappa shape index (κ2) is 5.88. The summed E-state index contributed by atoms with van der Waals surface area (Å²) in [5.74, 6) is 0.660. The lowest BCUT2D eigenvalue weighted by molar-refractivity contribution is 0.592. The minimum Gasteiger partial charge on any atom is -0.266 e. The van der Waals surface area contributed by atoms with E-state index < -0.39 is 15.3 Å². The maximum absolute atomic E-state index is 12.2. The zero-order valence-electron chi connectivity index (χ0n) is 12.6. The van der Waals surface area contributed by atoms with E-state index in [2.05, 4.69) is 24.7 Å². The standard InChI is InChI=1S/C15H15N5O2S/c1-10(2)23(21,22)20-15-12-5-8-17-9-13(12)18-14(19-15)11-3-6-16-7-4-11/h3-10H,1-2H3,(H,18,19,20). The van der Waals surface area contributed by atoms with Gasteiger partial charge in [0.15, 0.2) is 11.6 Å². The van der Waals surface area contributed by atoms with Crippen LogP contribution in [0.2, 0.25) is 0 Å². The van der Waals surface area contributed by atoms with E-state index in [0.717, 1.165) is 5.56 Å². The first-order valence-electron chi connectivity index (χ1n) is 7.01. The maximum atomic E-state index is 12.2. The highest BCUT2D eigenvalue weighted by Gasteiger charge is 2.19. The van der Waals surface area contributed by atoms with Crippen molar-refractivity contribution in [2.45, 2.75) is 19.1 Å². The normalized spacial score (nSPS) is 11.8. The van der Waals surface area contributed by atoms with Gasteiger partial charge >= 0.3 is 0 Å². The Labute approximate surface area is 133 Å². The van der Waals surface area contributed by atoms with Gasteiger partial charge in [-0.05, 0) is 32.0 Å². The zero-order valence-corrected chi connectivity index (χ0v) is 13.4. The molecule has 0 spiro atoms. The van der Waals surface area contributed by atoms with E-state index in [4.69, 9.17) is 0 Å². The summed E-state index contributed by atoms with van der Waals surface area (Å²) in [5.41, 5.74) is 1.31. The van der Waals surface area contributed by atoms with E-state index >= 15 is 0 Å². The van der Waals surface area contributed by atoms with Gasteiger partial charge in [-0.25, -0.2) is 18.4 Å². The average molecular weight is 329 g/mol. The Hall–Kier alpha value is -2.61. The third-order valence-electron chi connectivity index (χ3n) is 3.30. The van der Waals surface area contributed by atoms with Crippen LogP contribution in [0, 0.1) is 0 Å². The smallest absolute Gasteiger partial charge is 0.236 e. The van der Waals surface area contributed by atoms with E-state index in [-0.39, 0.29) is 5.82 Å². The number of anilines is 1. The van der Waals surface area contributed by atoms with Crippen molar-refractivity contribution in [1.29, 1.82) is 0 Å². The lowest BCUT2D eigenvalue weighted by Gasteiger charge is -2.13. The van der Waals surface area contributed by atoms with Gasteiger partial charge in [0.25, 0.3) is 0 Å². The van der Waals surface area contributed by atoms with Gasteiger partial charge in [0.2, 0.25) is 10.0 Å². The van der Waals surface area contributed by atoms with Crippen LogP contribution < -0.4 is 4.72 Å². The summed E-state index contributed by atoms with van der Waals surface area (Å²) in [6.07, 6.45) is 6.41. The summed E-state index contributed by atoms with van der Waals surface area (Å²) in [6.45, 7) is 3.22. The van der Waals surface area contributed by atoms with Gasteiger partial charge in [-0.15, -0.1) is 0 Å². The first-order chi connectivity index (χ1) is 11.0. The molecule has 0 atom stereocenters. The fraction of sp³-hybridized carbons (Fsp3) is 0.200. The summed E-state index contributed by atoms with van der Waals surface area (Å²) >= 11 is 0. The molecule has 7 nitrogen and oxygen atoms in total. The van der Waals surface area contributed by atoms with Crippen LogP contribution in [0.5, 0.6) is 0 Å². The number of sulfonamides is 1. The van der Waals surface area contributed by atoms with E-state index in [0.29, 0.717) is 16.7 Å². The summed E-state index contributed by atoms with van der Waals surface area (Å²) in [4.78, 5) is 16.8. The SMILES string of the molecule is CC(C)S(=O)(=O)Nc1nc(-c2ccncc2)nc2cnccc12. The number of aromatic nitrogens is 4. The number of nitrogens with one attached hydrogen (secondary N) is 1. The molecule has 0 bridgehead atoms. The molecule has 8 heteroatoms. The van der Waals surface area contributed by atoms with Crippen LogP contribution in [-0.4, -0.2) is 33.6 Å². The topological polar surface area (TPSA) is 97.7 Å². The Morgan fingerprint density at radius 3 is 2.39 bits per heavy atom. The van der Waals surface area contributed by atoms with Crippen molar-refractivity contribution in [2.75, 3.05) is 4.72 Å². The van der Waals surface area contributed by atoms with Gasteiger partial charge in [-0.2, -0.15) is 0 Å². The van der Waals surface area contributed by atoms with Crippen LogP contribution >= 0.6 is 0 Å². The van der Waals surface area contributed by atoms with Crippen LogP contribution in [0.3, 0.4) is 0 Å². The molecule has 0 amide bonds. The molecule has 0 aliphatic heterocycles. The van der Waals surface area contributed by atoms with Crippen LogP contribution in [0.4, 0.5) is 5.82 Å². The molecule has 0 radical (unpaired) electrons.